The van der Waals surface area contributed by atoms with E-state index in [1.165, 1.54) is 30.3 Å². The molecule has 0 aliphatic heterocycles. The van der Waals surface area contributed by atoms with Crippen molar-refractivity contribution in [1.29, 1.82) is 5.26 Å². The lowest BCUT2D eigenvalue weighted by molar-refractivity contribution is -0.384. The molecule has 0 aliphatic rings. The molecule has 0 fully saturated rings. The van der Waals surface area contributed by atoms with Gasteiger partial charge in [-0.05, 0) is 88.7 Å². The van der Waals surface area contributed by atoms with Crippen LogP contribution in [0.1, 0.15) is 34.0 Å². The van der Waals surface area contributed by atoms with E-state index in [0.717, 1.165) is 3.57 Å². The number of hydrogen-bond donors (Lipinski definition) is 1. The number of rotatable bonds is 9. The van der Waals surface area contributed by atoms with E-state index in [0.29, 0.717) is 40.4 Å². The molecule has 3 aromatic carbocycles. The molecule has 0 radical (unpaired) electrons. The molecule has 8 nitrogen and oxygen atoms in total. The van der Waals surface area contributed by atoms with Crippen LogP contribution in [0.2, 0.25) is 0 Å². The fourth-order valence-corrected chi connectivity index (χ4v) is 3.91. The second kappa shape index (κ2) is 11.3. The van der Waals surface area contributed by atoms with E-state index in [1.807, 2.05) is 13.0 Å². The molecule has 0 spiro atoms. The van der Waals surface area contributed by atoms with Crippen molar-refractivity contribution in [3.63, 3.8) is 0 Å². The van der Waals surface area contributed by atoms with E-state index in [9.17, 15) is 25.3 Å². The third kappa shape index (κ3) is 6.11. The number of nitriles is 1. The van der Waals surface area contributed by atoms with Crippen LogP contribution in [0.25, 0.3) is 11.6 Å². The first-order valence-electron chi connectivity index (χ1n) is 10.1. The highest BCUT2D eigenvalue weighted by molar-refractivity contribution is 14.1. The maximum absolute atomic E-state index is 11.2. The van der Waals surface area contributed by atoms with E-state index in [4.69, 9.17) is 9.47 Å². The minimum atomic E-state index is -1.01. The fraction of sp³-hybridized carbons (Fsp3) is 0.120. The number of hydrogen-bond acceptors (Lipinski definition) is 6. The SMILES string of the molecule is CCOc1cc(/C=C(/C#N)c2ccc([N+](=O)[O-])cc2)cc(I)c1OCc1cccc(C(=O)O)c1. The average Bonchev–Trinajstić information content (AvgIpc) is 2.82. The lowest BCUT2D eigenvalue weighted by Gasteiger charge is -2.15. The molecule has 3 rings (SSSR count). The summed E-state index contributed by atoms with van der Waals surface area (Å²) in [5, 5.41) is 29.7. The van der Waals surface area contributed by atoms with Crippen LogP contribution < -0.4 is 9.47 Å². The third-order valence-corrected chi connectivity index (χ3v) is 5.51. The van der Waals surface area contributed by atoms with Gasteiger partial charge in [-0.1, -0.05) is 12.1 Å². The zero-order valence-corrected chi connectivity index (χ0v) is 20.2. The monoisotopic (exact) mass is 570 g/mol. The highest BCUT2D eigenvalue weighted by Crippen LogP contribution is 2.36. The van der Waals surface area contributed by atoms with Gasteiger partial charge in [0.1, 0.15) is 6.61 Å². The van der Waals surface area contributed by atoms with Gasteiger partial charge in [0.15, 0.2) is 11.5 Å². The van der Waals surface area contributed by atoms with Crippen LogP contribution in [0.5, 0.6) is 11.5 Å². The molecule has 0 unspecified atom stereocenters. The minimum Gasteiger partial charge on any atom is -0.490 e. The zero-order chi connectivity index (χ0) is 24.7. The van der Waals surface area contributed by atoms with Crippen molar-refractivity contribution >= 4 is 45.9 Å². The van der Waals surface area contributed by atoms with E-state index in [1.54, 1.807) is 30.3 Å². The first kappa shape index (κ1) is 24.7. The normalized spacial score (nSPS) is 10.9. The molecule has 1 N–H and O–H groups in total. The number of carbonyl (C=O) groups is 1. The van der Waals surface area contributed by atoms with Crippen LogP contribution in [0, 0.1) is 25.0 Å². The number of nitrogens with zero attached hydrogens (tertiary/aromatic N) is 2. The number of non-ortho nitro benzene ring substituents is 1. The number of ether oxygens (including phenoxy) is 2. The number of allylic oxidation sites excluding steroid dienone is 1. The predicted octanol–water partition coefficient (Wildman–Crippen LogP) is 5.94. The molecule has 0 atom stereocenters. The molecule has 172 valence electrons. The Labute approximate surface area is 209 Å². The Hall–Kier alpha value is -3.91. The van der Waals surface area contributed by atoms with Gasteiger partial charge in [-0.15, -0.1) is 0 Å². The lowest BCUT2D eigenvalue weighted by Crippen LogP contribution is -2.03. The summed E-state index contributed by atoms with van der Waals surface area (Å²) in [4.78, 5) is 21.6. The van der Waals surface area contributed by atoms with Crippen LogP contribution >= 0.6 is 22.6 Å². The Morgan fingerprint density at radius 1 is 1.15 bits per heavy atom. The fourth-order valence-electron chi connectivity index (χ4n) is 3.13. The molecular formula is C25H19IN2O6. The third-order valence-electron chi connectivity index (χ3n) is 4.71. The highest BCUT2D eigenvalue weighted by Gasteiger charge is 2.14. The lowest BCUT2D eigenvalue weighted by atomic mass is 10.0. The number of nitro groups is 1. The molecule has 0 amide bonds. The summed E-state index contributed by atoms with van der Waals surface area (Å²) in [7, 11) is 0. The molecule has 0 aromatic heterocycles. The largest absolute Gasteiger partial charge is 0.490 e. The highest BCUT2D eigenvalue weighted by atomic mass is 127. The molecule has 0 bridgehead atoms. The van der Waals surface area contributed by atoms with Crippen LogP contribution in [0.3, 0.4) is 0 Å². The number of aromatic carboxylic acids is 1. The summed E-state index contributed by atoms with van der Waals surface area (Å²) in [6.45, 7) is 2.38. The summed E-state index contributed by atoms with van der Waals surface area (Å²) in [5.74, 6) is -0.0194. The molecule has 0 saturated heterocycles. The van der Waals surface area contributed by atoms with Crippen molar-refractivity contribution in [2.75, 3.05) is 6.61 Å². The van der Waals surface area contributed by atoms with Gasteiger partial charge in [-0.2, -0.15) is 5.26 Å². The Morgan fingerprint density at radius 2 is 1.88 bits per heavy atom. The maximum Gasteiger partial charge on any atom is 0.335 e. The summed E-state index contributed by atoms with van der Waals surface area (Å²) in [6.07, 6.45) is 1.67. The first-order chi connectivity index (χ1) is 16.3. The minimum absolute atomic E-state index is 0.0513. The van der Waals surface area contributed by atoms with Gasteiger partial charge in [0.25, 0.3) is 5.69 Å². The predicted molar refractivity (Wildman–Crippen MR) is 135 cm³/mol. The Kier molecular flexibility index (Phi) is 8.21. The van der Waals surface area contributed by atoms with E-state index in [-0.39, 0.29) is 17.9 Å². The Morgan fingerprint density at radius 3 is 2.50 bits per heavy atom. The number of nitro benzene ring substituents is 1. The van der Waals surface area contributed by atoms with Gasteiger partial charge in [0.05, 0.1) is 32.3 Å². The number of halogens is 1. The molecule has 3 aromatic rings. The number of carboxylic acids is 1. The average molecular weight is 570 g/mol. The van der Waals surface area contributed by atoms with E-state index < -0.39 is 10.9 Å². The molecule has 0 aliphatic carbocycles. The van der Waals surface area contributed by atoms with Gasteiger partial charge in [-0.3, -0.25) is 10.1 Å². The molecule has 9 heteroatoms. The smallest absolute Gasteiger partial charge is 0.335 e. The summed E-state index contributed by atoms with van der Waals surface area (Å²) in [5.41, 5.74) is 2.42. The van der Waals surface area contributed by atoms with E-state index >= 15 is 0 Å². The van der Waals surface area contributed by atoms with Crippen LogP contribution in [-0.4, -0.2) is 22.6 Å². The molecule has 0 heterocycles. The van der Waals surface area contributed by atoms with Gasteiger partial charge in [0, 0.05) is 12.1 Å². The summed E-state index contributed by atoms with van der Waals surface area (Å²) in [6, 6.07) is 18.0. The quantitative estimate of drug-likeness (QED) is 0.111. The van der Waals surface area contributed by atoms with Crippen LogP contribution in [0.4, 0.5) is 5.69 Å². The van der Waals surface area contributed by atoms with Crippen LogP contribution in [-0.2, 0) is 6.61 Å². The molecule has 34 heavy (non-hydrogen) atoms. The Balaban J connectivity index is 1.90. The second-order valence-corrected chi connectivity index (χ2v) is 8.19. The van der Waals surface area contributed by atoms with Crippen molar-refractivity contribution in [3.8, 4) is 17.6 Å². The van der Waals surface area contributed by atoms with Crippen molar-refractivity contribution in [3.05, 3.63) is 96.6 Å². The van der Waals surface area contributed by atoms with Crippen molar-refractivity contribution < 1.29 is 24.3 Å². The van der Waals surface area contributed by atoms with Crippen LogP contribution in [0.15, 0.2) is 60.7 Å². The van der Waals surface area contributed by atoms with Crippen molar-refractivity contribution in [1.82, 2.24) is 0 Å². The summed E-state index contributed by atoms with van der Waals surface area (Å²) >= 11 is 2.11. The number of benzene rings is 3. The van der Waals surface area contributed by atoms with Gasteiger partial charge >= 0.3 is 5.97 Å². The Bertz CT molecular complexity index is 1300. The first-order valence-corrected chi connectivity index (χ1v) is 11.2. The standard InChI is InChI=1S/C25H19IN2O6/c1-2-33-23-13-17(11-20(14-27)18-6-8-21(9-7-18)28(31)32)12-22(26)24(23)34-15-16-4-3-5-19(10-16)25(29)30/h3-13H,2,15H2,1H3,(H,29,30)/b20-11-. The maximum atomic E-state index is 11.2. The van der Waals surface area contributed by atoms with Crippen molar-refractivity contribution in [2.45, 2.75) is 13.5 Å². The number of carboxylic acid groups (broad SMARTS) is 1. The zero-order valence-electron chi connectivity index (χ0n) is 18.0. The van der Waals surface area contributed by atoms with Gasteiger partial charge in [-0.25, -0.2) is 4.79 Å². The summed E-state index contributed by atoms with van der Waals surface area (Å²) < 4.78 is 12.5. The van der Waals surface area contributed by atoms with Gasteiger partial charge in [0.2, 0.25) is 0 Å². The topological polar surface area (TPSA) is 123 Å². The van der Waals surface area contributed by atoms with E-state index in [2.05, 4.69) is 28.7 Å². The van der Waals surface area contributed by atoms with Gasteiger partial charge < -0.3 is 14.6 Å². The molecular weight excluding hydrogens is 551 g/mol. The van der Waals surface area contributed by atoms with Crippen molar-refractivity contribution in [2.24, 2.45) is 0 Å². The molecule has 0 saturated carbocycles. The second-order valence-electron chi connectivity index (χ2n) is 7.03.